The summed E-state index contributed by atoms with van der Waals surface area (Å²) in [6, 6.07) is 18.2. The van der Waals surface area contributed by atoms with Crippen LogP contribution in [0.1, 0.15) is 21.5 Å². The van der Waals surface area contributed by atoms with Crippen molar-refractivity contribution in [3.63, 3.8) is 0 Å². The van der Waals surface area contributed by atoms with E-state index in [-0.39, 0.29) is 17.2 Å². The number of aromatic nitrogens is 1. The van der Waals surface area contributed by atoms with Gasteiger partial charge in [-0.15, -0.1) is 11.3 Å². The second-order valence-corrected chi connectivity index (χ2v) is 7.71. The van der Waals surface area contributed by atoms with Crippen molar-refractivity contribution in [2.45, 2.75) is 13.8 Å². The van der Waals surface area contributed by atoms with E-state index in [1.165, 1.54) is 12.1 Å². The highest BCUT2D eigenvalue weighted by atomic mass is 32.1. The molecule has 7 heteroatoms. The van der Waals surface area contributed by atoms with Crippen LogP contribution in [0.2, 0.25) is 0 Å². The molecule has 4 rings (SSSR count). The molecule has 1 N–H and O–H groups in total. The van der Waals surface area contributed by atoms with Crippen LogP contribution < -0.4 is 5.32 Å². The van der Waals surface area contributed by atoms with Gasteiger partial charge in [0, 0.05) is 28.4 Å². The summed E-state index contributed by atoms with van der Waals surface area (Å²) in [5.74, 6) is -0.373. The first-order valence-corrected chi connectivity index (χ1v) is 9.77. The van der Waals surface area contributed by atoms with E-state index in [0.717, 1.165) is 26.4 Å². The zero-order chi connectivity index (χ0) is 20.5. The molecule has 0 unspecified atom stereocenters. The van der Waals surface area contributed by atoms with Crippen molar-refractivity contribution in [2.24, 2.45) is 0 Å². The highest BCUT2D eigenvalue weighted by Crippen LogP contribution is 2.32. The normalized spacial score (nSPS) is 10.8. The molecular formula is C22H17N3O3S. The van der Waals surface area contributed by atoms with Gasteiger partial charge < -0.3 is 5.32 Å². The van der Waals surface area contributed by atoms with Gasteiger partial charge in [0.05, 0.1) is 15.1 Å². The predicted molar refractivity (Wildman–Crippen MR) is 116 cm³/mol. The topological polar surface area (TPSA) is 85.1 Å². The molecular weight excluding hydrogens is 386 g/mol. The molecule has 4 aromatic rings. The van der Waals surface area contributed by atoms with Gasteiger partial charge in [0.15, 0.2) is 0 Å². The van der Waals surface area contributed by atoms with Crippen LogP contribution in [0.4, 0.5) is 11.4 Å². The lowest BCUT2D eigenvalue weighted by Gasteiger charge is -2.11. The van der Waals surface area contributed by atoms with Crippen LogP contribution in [0, 0.1) is 24.0 Å². The highest BCUT2D eigenvalue weighted by molar-refractivity contribution is 7.21. The number of nitro groups is 1. The number of fused-ring (bicyclic) bond motifs is 1. The number of para-hydroxylation sites is 1. The van der Waals surface area contributed by atoms with E-state index < -0.39 is 4.92 Å². The monoisotopic (exact) mass is 403 g/mol. The lowest BCUT2D eigenvalue weighted by Crippen LogP contribution is -2.14. The second-order valence-electron chi connectivity index (χ2n) is 6.68. The van der Waals surface area contributed by atoms with E-state index in [1.807, 2.05) is 49.4 Å². The molecule has 29 heavy (non-hydrogen) atoms. The molecule has 0 radical (unpaired) electrons. The van der Waals surface area contributed by atoms with Gasteiger partial charge in [0.2, 0.25) is 0 Å². The molecule has 144 valence electrons. The number of nitro benzene ring substituents is 1. The quantitative estimate of drug-likeness (QED) is 0.348. The zero-order valence-electron chi connectivity index (χ0n) is 15.8. The summed E-state index contributed by atoms with van der Waals surface area (Å²) >= 11 is 1.62. The van der Waals surface area contributed by atoms with E-state index in [0.29, 0.717) is 11.3 Å². The second kappa shape index (κ2) is 7.44. The number of carbonyl (C=O) groups excluding carboxylic acids is 1. The van der Waals surface area contributed by atoms with E-state index in [4.69, 9.17) is 0 Å². The molecule has 3 aromatic carbocycles. The van der Waals surface area contributed by atoms with E-state index >= 15 is 0 Å². The Morgan fingerprint density at radius 1 is 1.07 bits per heavy atom. The van der Waals surface area contributed by atoms with Crippen LogP contribution >= 0.6 is 11.3 Å². The highest BCUT2D eigenvalue weighted by Gasteiger charge is 2.18. The minimum absolute atomic E-state index is 0.0689. The molecule has 0 atom stereocenters. The molecule has 0 bridgehead atoms. The van der Waals surface area contributed by atoms with E-state index in [9.17, 15) is 14.9 Å². The molecule has 0 aliphatic carbocycles. The molecule has 0 fully saturated rings. The summed E-state index contributed by atoms with van der Waals surface area (Å²) in [6.45, 7) is 3.49. The Kier molecular flexibility index (Phi) is 4.82. The Balaban J connectivity index is 1.61. The molecule has 0 aliphatic heterocycles. The van der Waals surface area contributed by atoms with E-state index in [1.54, 1.807) is 24.3 Å². The number of hydrogen-bond donors (Lipinski definition) is 1. The molecule has 0 aliphatic rings. The number of thiazole rings is 1. The number of hydrogen-bond acceptors (Lipinski definition) is 5. The summed E-state index contributed by atoms with van der Waals surface area (Å²) in [5.41, 5.74) is 4.05. The fraction of sp³-hybridized carbons (Fsp3) is 0.0909. The third-order valence-corrected chi connectivity index (χ3v) is 5.85. The number of amides is 1. The predicted octanol–water partition coefficient (Wildman–Crippen LogP) is 5.74. The fourth-order valence-electron chi connectivity index (χ4n) is 3.19. The first-order chi connectivity index (χ1) is 13.9. The lowest BCUT2D eigenvalue weighted by molar-refractivity contribution is -0.385. The summed E-state index contributed by atoms with van der Waals surface area (Å²) in [6.07, 6.45) is 0. The average molecular weight is 403 g/mol. The molecule has 0 spiro atoms. The van der Waals surface area contributed by atoms with Crippen LogP contribution in [0.25, 0.3) is 20.8 Å². The lowest BCUT2D eigenvalue weighted by atomic mass is 10.1. The van der Waals surface area contributed by atoms with Crippen molar-refractivity contribution in [1.82, 2.24) is 4.98 Å². The Morgan fingerprint density at radius 2 is 1.86 bits per heavy atom. The van der Waals surface area contributed by atoms with Crippen molar-refractivity contribution >= 4 is 38.8 Å². The van der Waals surface area contributed by atoms with Gasteiger partial charge in [-0.25, -0.2) is 4.98 Å². The van der Waals surface area contributed by atoms with Gasteiger partial charge in [0.1, 0.15) is 5.01 Å². The molecule has 1 aromatic heterocycles. The maximum Gasteiger partial charge on any atom is 0.273 e. The maximum absolute atomic E-state index is 12.7. The number of nitrogens with one attached hydrogen (secondary N) is 1. The average Bonchev–Trinajstić information content (AvgIpc) is 3.13. The molecule has 0 saturated heterocycles. The third kappa shape index (κ3) is 3.60. The summed E-state index contributed by atoms with van der Waals surface area (Å²) in [4.78, 5) is 28.0. The molecule has 0 saturated carbocycles. The van der Waals surface area contributed by atoms with Gasteiger partial charge in [-0.2, -0.15) is 0 Å². The summed E-state index contributed by atoms with van der Waals surface area (Å²) in [7, 11) is 0. The van der Waals surface area contributed by atoms with Gasteiger partial charge in [-0.05, 0) is 55.8 Å². The Labute approximate surface area is 171 Å². The molecule has 1 amide bonds. The van der Waals surface area contributed by atoms with Gasteiger partial charge >= 0.3 is 0 Å². The number of carbonyl (C=O) groups is 1. The first kappa shape index (κ1) is 18.8. The molecule has 1 heterocycles. The Morgan fingerprint density at radius 3 is 2.59 bits per heavy atom. The standard InChI is InChI=1S/C22H17N3O3S/c1-13-12-15(22-24-18-7-3-4-9-20(18)29-22)10-11-17(13)23-21(26)16-6-5-8-19(14(16)2)25(27)28/h3-12H,1-2H3,(H,23,26). The number of benzene rings is 3. The number of aryl methyl sites for hydroxylation is 1. The van der Waals surface area contributed by atoms with Crippen molar-refractivity contribution < 1.29 is 9.72 Å². The van der Waals surface area contributed by atoms with Crippen molar-refractivity contribution in [3.8, 4) is 10.6 Å². The van der Waals surface area contributed by atoms with Gasteiger partial charge in [-0.1, -0.05) is 18.2 Å². The smallest absolute Gasteiger partial charge is 0.273 e. The largest absolute Gasteiger partial charge is 0.322 e. The minimum Gasteiger partial charge on any atom is -0.322 e. The van der Waals surface area contributed by atoms with Crippen molar-refractivity contribution in [2.75, 3.05) is 5.32 Å². The first-order valence-electron chi connectivity index (χ1n) is 8.96. The zero-order valence-corrected chi connectivity index (χ0v) is 16.6. The summed E-state index contributed by atoms with van der Waals surface area (Å²) < 4.78 is 1.12. The van der Waals surface area contributed by atoms with Gasteiger partial charge in [0.25, 0.3) is 11.6 Å². The minimum atomic E-state index is -0.482. The number of anilines is 1. The summed E-state index contributed by atoms with van der Waals surface area (Å²) in [5, 5.41) is 14.9. The van der Waals surface area contributed by atoms with Crippen molar-refractivity contribution in [1.29, 1.82) is 0 Å². The van der Waals surface area contributed by atoms with Crippen LogP contribution in [0.15, 0.2) is 60.7 Å². The fourth-order valence-corrected chi connectivity index (χ4v) is 4.15. The van der Waals surface area contributed by atoms with Crippen LogP contribution in [-0.4, -0.2) is 15.8 Å². The van der Waals surface area contributed by atoms with Crippen LogP contribution in [-0.2, 0) is 0 Å². The number of rotatable bonds is 4. The molecule has 6 nitrogen and oxygen atoms in total. The Bertz CT molecular complexity index is 1230. The van der Waals surface area contributed by atoms with Crippen LogP contribution in [0.5, 0.6) is 0 Å². The maximum atomic E-state index is 12.7. The Hall–Kier alpha value is -3.58. The van der Waals surface area contributed by atoms with Crippen LogP contribution in [0.3, 0.4) is 0 Å². The van der Waals surface area contributed by atoms with E-state index in [2.05, 4.69) is 10.3 Å². The van der Waals surface area contributed by atoms with Crippen molar-refractivity contribution in [3.05, 3.63) is 87.5 Å². The van der Waals surface area contributed by atoms with Gasteiger partial charge in [-0.3, -0.25) is 14.9 Å². The number of nitrogens with zero attached hydrogens (tertiary/aromatic N) is 2. The SMILES string of the molecule is Cc1cc(-c2nc3ccccc3s2)ccc1NC(=O)c1cccc([N+](=O)[O-])c1C. The third-order valence-electron chi connectivity index (χ3n) is 4.76.